The van der Waals surface area contributed by atoms with Gasteiger partial charge in [-0.3, -0.25) is 24.6 Å². The summed E-state index contributed by atoms with van der Waals surface area (Å²) in [6.45, 7) is 2.54. The standard InChI is InChI=1S/C16H14N4OS/c1-2-20(15-10-18-11-22-15)16(21)13-5-3-4-12(8-13)14-9-17-6-7-19-14/h3-11H,2H2,1H3. The van der Waals surface area contributed by atoms with Crippen molar-refractivity contribution in [2.24, 2.45) is 0 Å². The Hall–Kier alpha value is -2.60. The van der Waals surface area contributed by atoms with E-state index in [4.69, 9.17) is 0 Å². The van der Waals surface area contributed by atoms with Gasteiger partial charge in [0, 0.05) is 30.1 Å². The lowest BCUT2D eigenvalue weighted by Crippen LogP contribution is -2.29. The maximum absolute atomic E-state index is 12.7. The Kier molecular flexibility index (Phi) is 4.20. The zero-order valence-corrected chi connectivity index (χ0v) is 12.8. The van der Waals surface area contributed by atoms with Gasteiger partial charge in [-0.1, -0.05) is 12.1 Å². The molecule has 22 heavy (non-hydrogen) atoms. The molecule has 0 N–H and O–H groups in total. The molecule has 0 fully saturated rings. The van der Waals surface area contributed by atoms with Gasteiger partial charge in [0.15, 0.2) is 0 Å². The summed E-state index contributed by atoms with van der Waals surface area (Å²) in [6.07, 6.45) is 6.66. The molecule has 2 heterocycles. The van der Waals surface area contributed by atoms with Crippen molar-refractivity contribution in [3.8, 4) is 11.3 Å². The number of rotatable bonds is 4. The predicted octanol–water partition coefficient (Wildman–Crippen LogP) is 3.27. The molecule has 0 bridgehead atoms. The zero-order valence-electron chi connectivity index (χ0n) is 12.0. The van der Waals surface area contributed by atoms with E-state index < -0.39 is 0 Å². The third-order valence-corrected chi connectivity index (χ3v) is 4.01. The third-order valence-electron chi connectivity index (χ3n) is 3.22. The van der Waals surface area contributed by atoms with Crippen LogP contribution in [0.2, 0.25) is 0 Å². The van der Waals surface area contributed by atoms with Crippen molar-refractivity contribution < 1.29 is 4.79 Å². The molecular weight excluding hydrogens is 296 g/mol. The lowest BCUT2D eigenvalue weighted by atomic mass is 10.1. The van der Waals surface area contributed by atoms with Crippen LogP contribution >= 0.6 is 11.3 Å². The molecule has 0 radical (unpaired) electrons. The molecule has 1 aromatic carbocycles. The zero-order chi connectivity index (χ0) is 15.4. The van der Waals surface area contributed by atoms with Crippen molar-refractivity contribution in [1.29, 1.82) is 0 Å². The van der Waals surface area contributed by atoms with Crippen molar-refractivity contribution in [2.75, 3.05) is 11.4 Å². The van der Waals surface area contributed by atoms with Gasteiger partial charge in [-0.05, 0) is 19.1 Å². The van der Waals surface area contributed by atoms with E-state index in [0.717, 1.165) is 16.3 Å². The molecule has 0 aliphatic rings. The second kappa shape index (κ2) is 6.44. The molecule has 0 aliphatic carbocycles. The van der Waals surface area contributed by atoms with Gasteiger partial charge < -0.3 is 0 Å². The summed E-state index contributed by atoms with van der Waals surface area (Å²) in [5, 5.41) is 0.845. The Bertz CT molecular complexity index is 759. The average molecular weight is 310 g/mol. The minimum Gasteiger partial charge on any atom is -0.299 e. The van der Waals surface area contributed by atoms with Gasteiger partial charge in [-0.25, -0.2) is 0 Å². The number of thiazole rings is 1. The van der Waals surface area contributed by atoms with E-state index in [-0.39, 0.29) is 5.91 Å². The smallest absolute Gasteiger partial charge is 0.258 e. The molecular formula is C16H14N4OS. The van der Waals surface area contributed by atoms with Crippen molar-refractivity contribution in [2.45, 2.75) is 6.92 Å². The fourth-order valence-electron chi connectivity index (χ4n) is 2.16. The Labute approximate surface area is 132 Å². The van der Waals surface area contributed by atoms with Gasteiger partial charge in [-0.15, -0.1) is 11.3 Å². The van der Waals surface area contributed by atoms with Gasteiger partial charge in [0.1, 0.15) is 5.00 Å². The highest BCUT2D eigenvalue weighted by atomic mass is 32.1. The number of carbonyl (C=O) groups is 1. The molecule has 110 valence electrons. The van der Waals surface area contributed by atoms with Crippen LogP contribution in [0.25, 0.3) is 11.3 Å². The van der Waals surface area contributed by atoms with Crippen LogP contribution in [0.15, 0.2) is 54.6 Å². The second-order valence-corrected chi connectivity index (χ2v) is 5.43. The predicted molar refractivity (Wildman–Crippen MR) is 86.9 cm³/mol. The maximum atomic E-state index is 12.7. The first-order valence-electron chi connectivity index (χ1n) is 6.86. The fourth-order valence-corrected chi connectivity index (χ4v) is 2.85. The maximum Gasteiger partial charge on any atom is 0.258 e. The molecule has 3 rings (SSSR count). The average Bonchev–Trinajstić information content (AvgIpc) is 3.11. The van der Waals surface area contributed by atoms with E-state index in [9.17, 15) is 4.79 Å². The Morgan fingerprint density at radius 2 is 2.14 bits per heavy atom. The molecule has 1 amide bonds. The van der Waals surface area contributed by atoms with Crippen LogP contribution in [-0.4, -0.2) is 27.4 Å². The van der Waals surface area contributed by atoms with Gasteiger partial charge in [0.25, 0.3) is 5.91 Å². The highest BCUT2D eigenvalue weighted by Crippen LogP contribution is 2.23. The summed E-state index contributed by atoms with van der Waals surface area (Å²) < 4.78 is 0. The van der Waals surface area contributed by atoms with Crippen molar-refractivity contribution in [3.63, 3.8) is 0 Å². The number of hydrogen-bond donors (Lipinski definition) is 0. The van der Waals surface area contributed by atoms with Crippen LogP contribution in [-0.2, 0) is 0 Å². The van der Waals surface area contributed by atoms with E-state index in [1.807, 2.05) is 31.2 Å². The fraction of sp³-hybridized carbons (Fsp3) is 0.125. The van der Waals surface area contributed by atoms with Crippen LogP contribution in [0.4, 0.5) is 5.00 Å². The number of hydrogen-bond acceptors (Lipinski definition) is 5. The molecule has 0 atom stereocenters. The van der Waals surface area contributed by atoms with Gasteiger partial charge in [0.05, 0.1) is 23.6 Å². The summed E-state index contributed by atoms with van der Waals surface area (Å²) in [7, 11) is 0. The second-order valence-electron chi connectivity index (χ2n) is 4.56. The molecule has 0 unspecified atom stereocenters. The Morgan fingerprint density at radius 1 is 1.23 bits per heavy atom. The quantitative estimate of drug-likeness (QED) is 0.742. The Morgan fingerprint density at radius 3 is 2.82 bits per heavy atom. The van der Waals surface area contributed by atoms with Crippen LogP contribution in [0.5, 0.6) is 0 Å². The first-order valence-corrected chi connectivity index (χ1v) is 7.74. The summed E-state index contributed by atoms with van der Waals surface area (Å²) in [5.41, 5.74) is 3.97. The SMILES string of the molecule is CCN(C(=O)c1cccc(-c2cnccn2)c1)c1cncs1. The molecule has 6 heteroatoms. The van der Waals surface area contributed by atoms with Gasteiger partial charge >= 0.3 is 0 Å². The van der Waals surface area contributed by atoms with Crippen molar-refractivity contribution in [3.05, 3.63) is 60.1 Å². The summed E-state index contributed by atoms with van der Waals surface area (Å²) >= 11 is 1.45. The molecule has 0 spiro atoms. The van der Waals surface area contributed by atoms with E-state index in [0.29, 0.717) is 12.1 Å². The normalized spacial score (nSPS) is 10.4. The molecule has 2 aromatic heterocycles. The lowest BCUT2D eigenvalue weighted by molar-refractivity contribution is 0.0989. The first-order chi connectivity index (χ1) is 10.8. The van der Waals surface area contributed by atoms with Crippen LogP contribution in [0.1, 0.15) is 17.3 Å². The topological polar surface area (TPSA) is 59.0 Å². The van der Waals surface area contributed by atoms with Crippen molar-refractivity contribution in [1.82, 2.24) is 15.0 Å². The largest absolute Gasteiger partial charge is 0.299 e. The highest BCUT2D eigenvalue weighted by Gasteiger charge is 2.17. The number of carbonyl (C=O) groups excluding carboxylic acids is 1. The molecule has 0 saturated heterocycles. The van der Waals surface area contributed by atoms with Crippen LogP contribution in [0, 0.1) is 0 Å². The number of nitrogens with zero attached hydrogens (tertiary/aromatic N) is 4. The summed E-state index contributed by atoms with van der Waals surface area (Å²) in [6, 6.07) is 7.43. The number of amides is 1. The lowest BCUT2D eigenvalue weighted by Gasteiger charge is -2.18. The molecule has 3 aromatic rings. The van der Waals surface area contributed by atoms with E-state index >= 15 is 0 Å². The number of benzene rings is 1. The van der Waals surface area contributed by atoms with E-state index in [1.165, 1.54) is 11.3 Å². The minimum absolute atomic E-state index is 0.0440. The molecule has 0 saturated carbocycles. The van der Waals surface area contributed by atoms with Gasteiger partial charge in [-0.2, -0.15) is 0 Å². The first kappa shape index (κ1) is 14.3. The number of aromatic nitrogens is 3. The third kappa shape index (κ3) is 2.87. The van der Waals surface area contributed by atoms with Gasteiger partial charge in [0.2, 0.25) is 0 Å². The summed E-state index contributed by atoms with van der Waals surface area (Å²) in [4.78, 5) is 26.8. The monoisotopic (exact) mass is 310 g/mol. The molecule has 5 nitrogen and oxygen atoms in total. The highest BCUT2D eigenvalue weighted by molar-refractivity contribution is 7.14. The van der Waals surface area contributed by atoms with E-state index in [2.05, 4.69) is 15.0 Å². The van der Waals surface area contributed by atoms with Crippen LogP contribution in [0.3, 0.4) is 0 Å². The summed E-state index contributed by atoms with van der Waals surface area (Å²) in [5.74, 6) is -0.0440. The minimum atomic E-state index is -0.0440. The molecule has 0 aliphatic heterocycles. The number of anilines is 1. The van der Waals surface area contributed by atoms with E-state index in [1.54, 1.807) is 35.2 Å². The van der Waals surface area contributed by atoms with Crippen LogP contribution < -0.4 is 4.90 Å². The van der Waals surface area contributed by atoms with Crippen molar-refractivity contribution >= 4 is 22.2 Å². The Balaban J connectivity index is 1.93.